The van der Waals surface area contributed by atoms with Gasteiger partial charge in [0.2, 0.25) is 5.95 Å². The van der Waals surface area contributed by atoms with Crippen molar-refractivity contribution in [3.05, 3.63) is 53.1 Å². The summed E-state index contributed by atoms with van der Waals surface area (Å²) in [5, 5.41) is 9.08. The summed E-state index contributed by atoms with van der Waals surface area (Å²) < 4.78 is 5.67. The number of halogens is 1. The third-order valence-corrected chi connectivity index (χ3v) is 5.06. The van der Waals surface area contributed by atoms with Crippen LogP contribution in [0.5, 0.6) is 0 Å². The smallest absolute Gasteiger partial charge is 0.246 e. The first kappa shape index (κ1) is 16.3. The molecule has 27 heavy (non-hydrogen) atoms. The highest BCUT2D eigenvalue weighted by atomic mass is 35.5. The second-order valence-corrected chi connectivity index (χ2v) is 7.12. The lowest BCUT2D eigenvalue weighted by atomic mass is 10.2. The highest BCUT2D eigenvalue weighted by Crippen LogP contribution is 2.34. The van der Waals surface area contributed by atoms with E-state index >= 15 is 0 Å². The van der Waals surface area contributed by atoms with Crippen LogP contribution in [0.4, 0.5) is 5.95 Å². The number of fused-ring (bicyclic) bond motifs is 1. The molecule has 7 nitrogen and oxygen atoms in total. The Morgan fingerprint density at radius 1 is 1.22 bits per heavy atom. The Bertz CT molecular complexity index is 1120. The molecule has 0 spiro atoms. The molecule has 1 aliphatic heterocycles. The Hall–Kier alpha value is -2.93. The number of hydrogen-bond acceptors (Lipinski definition) is 6. The van der Waals surface area contributed by atoms with Crippen molar-refractivity contribution in [2.45, 2.75) is 25.8 Å². The van der Waals surface area contributed by atoms with Gasteiger partial charge in [0, 0.05) is 11.6 Å². The minimum absolute atomic E-state index is 0.0755. The lowest BCUT2D eigenvalue weighted by molar-refractivity contribution is 0.545. The van der Waals surface area contributed by atoms with Crippen LogP contribution < -0.4 is 4.90 Å². The van der Waals surface area contributed by atoms with E-state index in [9.17, 15) is 0 Å². The third-order valence-electron chi connectivity index (χ3n) is 4.83. The summed E-state index contributed by atoms with van der Waals surface area (Å²) in [5.74, 6) is 3.01. The van der Waals surface area contributed by atoms with Gasteiger partial charge in [-0.15, -0.1) is 5.10 Å². The number of furan rings is 1. The van der Waals surface area contributed by atoms with E-state index in [4.69, 9.17) is 21.0 Å². The topological polar surface area (TPSA) is 83.7 Å². The van der Waals surface area contributed by atoms with Crippen LogP contribution in [0, 0.1) is 6.92 Å². The Morgan fingerprint density at radius 3 is 3.00 bits per heavy atom. The quantitative estimate of drug-likeness (QED) is 0.570. The normalized spacial score (nSPS) is 17.1. The van der Waals surface area contributed by atoms with Crippen LogP contribution >= 0.6 is 11.6 Å². The third kappa shape index (κ3) is 2.94. The number of anilines is 1. The standard InChI is InChI=1S/C19H17ClN6O/c1-11-4-7-17(27-11)15-10-21-25-19(24-15)26-8-2-3-16(26)18-22-13-6-5-12(20)9-14(13)23-18/h4-7,9-10,16H,2-3,8H2,1H3,(H,22,23)/t16-/m0/s1. The average Bonchev–Trinajstić information content (AvgIpc) is 3.40. The van der Waals surface area contributed by atoms with E-state index in [0.29, 0.717) is 22.4 Å². The molecule has 0 aliphatic carbocycles. The molecular weight excluding hydrogens is 364 g/mol. The highest BCUT2D eigenvalue weighted by Gasteiger charge is 2.31. The first-order chi connectivity index (χ1) is 13.2. The van der Waals surface area contributed by atoms with Crippen molar-refractivity contribution in [3.63, 3.8) is 0 Å². The Labute approximate surface area is 160 Å². The second kappa shape index (κ2) is 6.35. The van der Waals surface area contributed by atoms with Crippen molar-refractivity contribution in [2.24, 2.45) is 0 Å². The van der Waals surface area contributed by atoms with E-state index in [-0.39, 0.29) is 6.04 Å². The molecule has 1 fully saturated rings. The SMILES string of the molecule is Cc1ccc(-c2cnnc(N3CCC[C@H]3c3nc4ccc(Cl)cc4[nH]3)n2)o1. The fourth-order valence-electron chi connectivity index (χ4n) is 3.56. The fraction of sp³-hybridized carbons (Fsp3) is 0.263. The van der Waals surface area contributed by atoms with Crippen molar-refractivity contribution < 1.29 is 4.42 Å². The lowest BCUT2D eigenvalue weighted by Crippen LogP contribution is -2.25. The Morgan fingerprint density at radius 2 is 2.15 bits per heavy atom. The summed E-state index contributed by atoms with van der Waals surface area (Å²) in [4.78, 5) is 15.0. The number of rotatable bonds is 3. The maximum absolute atomic E-state index is 6.09. The van der Waals surface area contributed by atoms with E-state index in [0.717, 1.165) is 42.0 Å². The predicted octanol–water partition coefficient (Wildman–Crippen LogP) is 4.31. The number of aryl methyl sites for hydroxylation is 1. The van der Waals surface area contributed by atoms with E-state index in [1.807, 2.05) is 37.3 Å². The summed E-state index contributed by atoms with van der Waals surface area (Å²) in [6.45, 7) is 2.76. The van der Waals surface area contributed by atoms with Crippen LogP contribution in [0.3, 0.4) is 0 Å². The molecule has 0 radical (unpaired) electrons. The van der Waals surface area contributed by atoms with Gasteiger partial charge in [-0.25, -0.2) is 9.97 Å². The molecule has 0 amide bonds. The minimum Gasteiger partial charge on any atom is -0.460 e. The van der Waals surface area contributed by atoms with Crippen LogP contribution in [0.2, 0.25) is 5.02 Å². The van der Waals surface area contributed by atoms with Crippen LogP contribution in [-0.4, -0.2) is 31.7 Å². The van der Waals surface area contributed by atoms with Crippen molar-refractivity contribution >= 4 is 28.6 Å². The van der Waals surface area contributed by atoms with Gasteiger partial charge in [-0.2, -0.15) is 5.10 Å². The Balaban J connectivity index is 1.50. The molecule has 0 unspecified atom stereocenters. The van der Waals surface area contributed by atoms with Crippen LogP contribution in [0.25, 0.3) is 22.5 Å². The molecule has 0 bridgehead atoms. The molecule has 3 aromatic heterocycles. The molecule has 8 heteroatoms. The number of nitrogens with one attached hydrogen (secondary N) is 1. The minimum atomic E-state index is 0.0755. The zero-order valence-electron chi connectivity index (χ0n) is 14.7. The average molecular weight is 381 g/mol. The summed E-state index contributed by atoms with van der Waals surface area (Å²) in [6.07, 6.45) is 3.63. The number of nitrogens with zero attached hydrogens (tertiary/aromatic N) is 5. The summed E-state index contributed by atoms with van der Waals surface area (Å²) >= 11 is 6.09. The molecule has 1 aromatic carbocycles. The van der Waals surface area contributed by atoms with Crippen molar-refractivity contribution in [2.75, 3.05) is 11.4 Å². The van der Waals surface area contributed by atoms with E-state index in [1.54, 1.807) is 6.20 Å². The van der Waals surface area contributed by atoms with E-state index < -0.39 is 0 Å². The number of H-pyrrole nitrogens is 1. The lowest BCUT2D eigenvalue weighted by Gasteiger charge is -2.22. The van der Waals surface area contributed by atoms with Gasteiger partial charge in [0.25, 0.3) is 0 Å². The first-order valence-corrected chi connectivity index (χ1v) is 9.23. The van der Waals surface area contributed by atoms with Gasteiger partial charge in [-0.1, -0.05) is 11.6 Å². The summed E-state index contributed by atoms with van der Waals surface area (Å²) in [5.41, 5.74) is 2.51. The van der Waals surface area contributed by atoms with Crippen LogP contribution in [0.1, 0.15) is 30.5 Å². The molecule has 1 atom stereocenters. The number of aromatic amines is 1. The molecular formula is C19H17ClN6O. The molecule has 4 heterocycles. The molecule has 5 rings (SSSR count). The molecule has 1 saturated heterocycles. The first-order valence-electron chi connectivity index (χ1n) is 8.86. The molecule has 136 valence electrons. The zero-order valence-corrected chi connectivity index (χ0v) is 15.4. The molecule has 4 aromatic rings. The van der Waals surface area contributed by atoms with Gasteiger partial charge in [0.05, 0.1) is 23.3 Å². The van der Waals surface area contributed by atoms with Gasteiger partial charge in [0.1, 0.15) is 17.3 Å². The van der Waals surface area contributed by atoms with E-state index in [2.05, 4.69) is 25.1 Å². The molecule has 1 N–H and O–H groups in total. The molecule has 0 saturated carbocycles. The highest BCUT2D eigenvalue weighted by molar-refractivity contribution is 6.31. The van der Waals surface area contributed by atoms with Gasteiger partial charge in [-0.05, 0) is 50.1 Å². The van der Waals surface area contributed by atoms with Gasteiger partial charge in [-0.3, -0.25) is 0 Å². The largest absolute Gasteiger partial charge is 0.460 e. The van der Waals surface area contributed by atoms with Crippen LogP contribution in [0.15, 0.2) is 40.9 Å². The number of hydrogen-bond donors (Lipinski definition) is 1. The number of benzene rings is 1. The van der Waals surface area contributed by atoms with Crippen molar-refractivity contribution in [1.82, 2.24) is 25.1 Å². The monoisotopic (exact) mass is 380 g/mol. The maximum atomic E-state index is 6.09. The van der Waals surface area contributed by atoms with Gasteiger partial charge >= 0.3 is 0 Å². The molecule has 1 aliphatic rings. The number of aromatic nitrogens is 5. The summed E-state index contributed by atoms with van der Waals surface area (Å²) in [6, 6.07) is 9.55. The van der Waals surface area contributed by atoms with Crippen molar-refractivity contribution in [3.8, 4) is 11.5 Å². The number of imidazole rings is 1. The zero-order chi connectivity index (χ0) is 18.4. The maximum Gasteiger partial charge on any atom is 0.246 e. The van der Waals surface area contributed by atoms with Gasteiger partial charge in [0.15, 0.2) is 5.76 Å². The second-order valence-electron chi connectivity index (χ2n) is 6.69. The van der Waals surface area contributed by atoms with Gasteiger partial charge < -0.3 is 14.3 Å². The Kier molecular flexibility index (Phi) is 3.82. The van der Waals surface area contributed by atoms with Crippen LogP contribution in [-0.2, 0) is 0 Å². The van der Waals surface area contributed by atoms with E-state index in [1.165, 1.54) is 0 Å². The fourth-order valence-corrected chi connectivity index (χ4v) is 3.73. The predicted molar refractivity (Wildman–Crippen MR) is 103 cm³/mol. The van der Waals surface area contributed by atoms with Crippen molar-refractivity contribution in [1.29, 1.82) is 0 Å². The summed E-state index contributed by atoms with van der Waals surface area (Å²) in [7, 11) is 0.